The van der Waals surface area contributed by atoms with E-state index in [-0.39, 0.29) is 5.91 Å². The fourth-order valence-corrected chi connectivity index (χ4v) is 3.41. The number of hydrogen-bond donors (Lipinski definition) is 1. The SMILES string of the molecule is C[C@@H]1CCCN(Cc2ccc(C(=O)Nc3cccc(Cl)c3)cc2)C1. The number of carbonyl (C=O) groups is 1. The summed E-state index contributed by atoms with van der Waals surface area (Å²) in [4.78, 5) is 14.8. The smallest absolute Gasteiger partial charge is 0.255 e. The lowest BCUT2D eigenvalue weighted by molar-refractivity contribution is 0.102. The van der Waals surface area contributed by atoms with Gasteiger partial charge in [0.2, 0.25) is 0 Å². The van der Waals surface area contributed by atoms with Crippen LogP contribution in [0.25, 0.3) is 0 Å². The third-order valence-corrected chi connectivity index (χ3v) is 4.68. The van der Waals surface area contributed by atoms with Crippen LogP contribution < -0.4 is 5.32 Å². The van der Waals surface area contributed by atoms with Gasteiger partial charge < -0.3 is 5.32 Å². The molecule has 3 nitrogen and oxygen atoms in total. The minimum absolute atomic E-state index is 0.115. The van der Waals surface area contributed by atoms with Gasteiger partial charge in [-0.15, -0.1) is 0 Å². The van der Waals surface area contributed by atoms with Gasteiger partial charge in [0.25, 0.3) is 5.91 Å². The number of nitrogens with one attached hydrogen (secondary N) is 1. The fraction of sp³-hybridized carbons (Fsp3) is 0.350. The van der Waals surface area contributed by atoms with Gasteiger partial charge in [-0.3, -0.25) is 9.69 Å². The standard InChI is InChI=1S/C20H23ClN2O/c1-15-4-3-11-23(13-15)14-16-7-9-17(10-8-16)20(24)22-19-6-2-5-18(21)12-19/h2,5-10,12,15H,3-4,11,13-14H2,1H3,(H,22,24)/t15-/m1/s1. The Morgan fingerprint density at radius 1 is 1.25 bits per heavy atom. The van der Waals surface area contributed by atoms with Crippen molar-refractivity contribution in [2.24, 2.45) is 5.92 Å². The van der Waals surface area contributed by atoms with Crippen LogP contribution in [0.5, 0.6) is 0 Å². The lowest BCUT2D eigenvalue weighted by Crippen LogP contribution is -2.33. The zero-order valence-corrected chi connectivity index (χ0v) is 14.7. The number of nitrogens with zero attached hydrogens (tertiary/aromatic N) is 1. The summed E-state index contributed by atoms with van der Waals surface area (Å²) in [7, 11) is 0. The molecular formula is C20H23ClN2O. The van der Waals surface area contributed by atoms with Gasteiger partial charge in [0, 0.05) is 29.4 Å². The Morgan fingerprint density at radius 2 is 2.04 bits per heavy atom. The molecule has 1 N–H and O–H groups in total. The molecule has 2 aromatic rings. The molecule has 3 rings (SSSR count). The van der Waals surface area contributed by atoms with E-state index in [1.807, 2.05) is 36.4 Å². The normalized spacial score (nSPS) is 18.3. The van der Waals surface area contributed by atoms with Gasteiger partial charge in [0.05, 0.1) is 0 Å². The molecule has 0 aromatic heterocycles. The highest BCUT2D eigenvalue weighted by Gasteiger charge is 2.16. The molecule has 126 valence electrons. The molecular weight excluding hydrogens is 320 g/mol. The van der Waals surface area contributed by atoms with Gasteiger partial charge in [0.15, 0.2) is 0 Å². The van der Waals surface area contributed by atoms with Gasteiger partial charge >= 0.3 is 0 Å². The van der Waals surface area contributed by atoms with Crippen molar-refractivity contribution in [3.63, 3.8) is 0 Å². The molecule has 0 unspecified atom stereocenters. The summed E-state index contributed by atoms with van der Waals surface area (Å²) in [6, 6.07) is 15.1. The maximum atomic E-state index is 12.3. The number of hydrogen-bond acceptors (Lipinski definition) is 2. The fourth-order valence-electron chi connectivity index (χ4n) is 3.22. The number of halogens is 1. The van der Waals surface area contributed by atoms with Crippen LogP contribution in [0.15, 0.2) is 48.5 Å². The lowest BCUT2D eigenvalue weighted by atomic mass is 9.99. The van der Waals surface area contributed by atoms with Crippen molar-refractivity contribution in [3.8, 4) is 0 Å². The topological polar surface area (TPSA) is 32.3 Å². The van der Waals surface area contributed by atoms with E-state index in [4.69, 9.17) is 11.6 Å². The van der Waals surface area contributed by atoms with E-state index in [0.29, 0.717) is 16.3 Å². The number of piperidine rings is 1. The highest BCUT2D eigenvalue weighted by molar-refractivity contribution is 6.30. The monoisotopic (exact) mass is 342 g/mol. The van der Waals surface area contributed by atoms with Crippen molar-refractivity contribution in [2.75, 3.05) is 18.4 Å². The Kier molecular flexibility index (Phi) is 5.54. The highest BCUT2D eigenvalue weighted by Crippen LogP contribution is 2.19. The summed E-state index contributed by atoms with van der Waals surface area (Å²) in [6.45, 7) is 5.61. The van der Waals surface area contributed by atoms with Gasteiger partial charge in [-0.05, 0) is 61.2 Å². The van der Waals surface area contributed by atoms with Crippen molar-refractivity contribution < 1.29 is 4.79 Å². The van der Waals surface area contributed by atoms with E-state index in [9.17, 15) is 4.79 Å². The summed E-state index contributed by atoms with van der Waals surface area (Å²) < 4.78 is 0. The molecule has 1 saturated heterocycles. The first-order valence-corrected chi connectivity index (χ1v) is 8.86. The Labute approximate surface area is 148 Å². The molecule has 0 bridgehead atoms. The number of rotatable bonds is 4. The van der Waals surface area contributed by atoms with Crippen molar-refractivity contribution in [3.05, 3.63) is 64.7 Å². The largest absolute Gasteiger partial charge is 0.322 e. The molecule has 2 aromatic carbocycles. The van der Waals surface area contributed by atoms with Crippen molar-refractivity contribution >= 4 is 23.2 Å². The molecule has 24 heavy (non-hydrogen) atoms. The number of carbonyl (C=O) groups excluding carboxylic acids is 1. The molecule has 0 radical (unpaired) electrons. The zero-order valence-electron chi connectivity index (χ0n) is 14.0. The van der Waals surface area contributed by atoms with Crippen LogP contribution in [0, 0.1) is 5.92 Å². The number of benzene rings is 2. The van der Waals surface area contributed by atoms with Gasteiger partial charge in [0.1, 0.15) is 0 Å². The third-order valence-electron chi connectivity index (χ3n) is 4.45. The molecule has 1 amide bonds. The van der Waals surface area contributed by atoms with Crippen molar-refractivity contribution in [1.29, 1.82) is 0 Å². The van der Waals surface area contributed by atoms with Crippen LogP contribution in [0.2, 0.25) is 5.02 Å². The summed E-state index contributed by atoms with van der Waals surface area (Å²) >= 11 is 5.94. The maximum absolute atomic E-state index is 12.3. The van der Waals surface area contributed by atoms with E-state index in [1.54, 1.807) is 12.1 Å². The first-order valence-electron chi connectivity index (χ1n) is 8.48. The number of likely N-dealkylation sites (tertiary alicyclic amines) is 1. The second kappa shape index (κ2) is 7.82. The average molecular weight is 343 g/mol. The van der Waals surface area contributed by atoms with Gasteiger partial charge in [-0.25, -0.2) is 0 Å². The van der Waals surface area contributed by atoms with Crippen LogP contribution in [-0.4, -0.2) is 23.9 Å². The molecule has 0 spiro atoms. The molecule has 1 fully saturated rings. The van der Waals surface area contributed by atoms with Crippen molar-refractivity contribution in [2.45, 2.75) is 26.3 Å². The molecule has 1 aliphatic rings. The van der Waals surface area contributed by atoms with Gasteiger partial charge in [-0.2, -0.15) is 0 Å². The van der Waals surface area contributed by atoms with Crippen LogP contribution in [0.1, 0.15) is 35.7 Å². The van der Waals surface area contributed by atoms with E-state index >= 15 is 0 Å². The Balaban J connectivity index is 1.60. The van der Waals surface area contributed by atoms with Crippen LogP contribution in [0.3, 0.4) is 0 Å². The maximum Gasteiger partial charge on any atom is 0.255 e. The molecule has 1 heterocycles. The second-order valence-corrected chi connectivity index (χ2v) is 7.08. The highest BCUT2D eigenvalue weighted by atomic mass is 35.5. The van der Waals surface area contributed by atoms with E-state index in [2.05, 4.69) is 17.1 Å². The summed E-state index contributed by atoms with van der Waals surface area (Å²) in [5.41, 5.74) is 2.62. The predicted molar refractivity (Wildman–Crippen MR) is 99.5 cm³/mol. The van der Waals surface area contributed by atoms with Crippen molar-refractivity contribution in [1.82, 2.24) is 4.90 Å². The first-order chi connectivity index (χ1) is 11.6. The van der Waals surface area contributed by atoms with E-state index in [1.165, 1.54) is 24.9 Å². The number of anilines is 1. The molecule has 0 aliphatic carbocycles. The average Bonchev–Trinajstić information content (AvgIpc) is 2.55. The molecule has 1 aliphatic heterocycles. The minimum atomic E-state index is -0.115. The second-order valence-electron chi connectivity index (χ2n) is 6.64. The molecule has 1 atom stereocenters. The van der Waals surface area contributed by atoms with E-state index < -0.39 is 0 Å². The number of amides is 1. The van der Waals surface area contributed by atoms with Gasteiger partial charge in [-0.1, -0.05) is 36.7 Å². The lowest BCUT2D eigenvalue weighted by Gasteiger charge is -2.30. The Bertz CT molecular complexity index is 699. The van der Waals surface area contributed by atoms with Crippen LogP contribution in [0.4, 0.5) is 5.69 Å². The third kappa shape index (κ3) is 4.59. The van der Waals surface area contributed by atoms with Crippen LogP contribution >= 0.6 is 11.6 Å². The summed E-state index contributed by atoms with van der Waals surface area (Å²) in [5.74, 6) is 0.664. The summed E-state index contributed by atoms with van der Waals surface area (Å²) in [6.07, 6.45) is 2.61. The first kappa shape index (κ1) is 17.0. The molecule has 4 heteroatoms. The zero-order chi connectivity index (χ0) is 16.9. The summed E-state index contributed by atoms with van der Waals surface area (Å²) in [5, 5.41) is 3.48. The minimum Gasteiger partial charge on any atom is -0.322 e. The quantitative estimate of drug-likeness (QED) is 0.863. The van der Waals surface area contributed by atoms with Crippen LogP contribution in [-0.2, 0) is 6.54 Å². The Morgan fingerprint density at radius 3 is 2.75 bits per heavy atom. The Hall–Kier alpha value is -1.84. The van der Waals surface area contributed by atoms with E-state index in [0.717, 1.165) is 19.0 Å². The predicted octanol–water partition coefficient (Wildman–Crippen LogP) is 4.82. The molecule has 0 saturated carbocycles.